The lowest BCUT2D eigenvalue weighted by Gasteiger charge is -2.02. The van der Waals surface area contributed by atoms with E-state index in [0.29, 0.717) is 0 Å². The Balaban J connectivity index is 0.000000405. The van der Waals surface area contributed by atoms with Gasteiger partial charge in [0.2, 0.25) is 0 Å². The van der Waals surface area contributed by atoms with E-state index < -0.39 is 0 Å². The lowest BCUT2D eigenvalue weighted by molar-refractivity contribution is 0.118. The zero-order valence-corrected chi connectivity index (χ0v) is 16.0. The molecule has 0 aliphatic rings. The molecule has 2 rings (SSSR count). The van der Waals surface area contributed by atoms with Crippen molar-refractivity contribution in [2.75, 3.05) is 13.7 Å². The summed E-state index contributed by atoms with van der Waals surface area (Å²) in [6.45, 7) is 9.94. The first-order chi connectivity index (χ1) is 11.8. The normalized spacial score (nSPS) is 9.21. The van der Waals surface area contributed by atoms with Gasteiger partial charge in [-0.3, -0.25) is 0 Å². The second-order valence-electron chi connectivity index (χ2n) is 5.09. The van der Waals surface area contributed by atoms with Crippen molar-refractivity contribution in [3.63, 3.8) is 0 Å². The molecule has 0 saturated heterocycles. The Morgan fingerprint density at radius 1 is 0.792 bits per heavy atom. The molecule has 0 aliphatic carbocycles. The molecule has 0 N–H and O–H groups in total. The molecule has 0 fully saturated rings. The number of ether oxygens (including phenoxy) is 2. The van der Waals surface area contributed by atoms with E-state index in [1.54, 1.807) is 7.11 Å². The summed E-state index contributed by atoms with van der Waals surface area (Å²) in [5.41, 5.74) is 2.61. The Kier molecular flexibility index (Phi) is 14.9. The largest absolute Gasteiger partial charge is 0.497 e. The number of aryl methyl sites for hydroxylation is 1. The zero-order chi connectivity index (χ0) is 18.0. The van der Waals surface area contributed by atoms with Gasteiger partial charge in [-0.15, -0.1) is 0 Å². The molecular weight excluding hydrogens is 296 g/mol. The highest BCUT2D eigenvalue weighted by Gasteiger charge is 1.90. The maximum absolute atomic E-state index is 5.46. The van der Waals surface area contributed by atoms with Crippen LogP contribution in [0.5, 0.6) is 5.75 Å². The van der Waals surface area contributed by atoms with E-state index in [9.17, 15) is 0 Å². The Morgan fingerprint density at radius 3 is 1.92 bits per heavy atom. The van der Waals surface area contributed by atoms with Gasteiger partial charge in [-0.25, -0.2) is 0 Å². The summed E-state index contributed by atoms with van der Waals surface area (Å²) >= 11 is 0. The fourth-order valence-corrected chi connectivity index (χ4v) is 1.87. The van der Waals surface area contributed by atoms with Gasteiger partial charge in [0.15, 0.2) is 0 Å². The van der Waals surface area contributed by atoms with Gasteiger partial charge in [-0.2, -0.15) is 0 Å². The molecule has 0 aliphatic heterocycles. The van der Waals surface area contributed by atoms with Crippen LogP contribution < -0.4 is 4.74 Å². The van der Waals surface area contributed by atoms with Crippen LogP contribution in [0.2, 0.25) is 0 Å². The number of hydrogen-bond acceptors (Lipinski definition) is 2. The maximum Gasteiger partial charge on any atom is 0.118 e. The van der Waals surface area contributed by atoms with Crippen LogP contribution in [-0.4, -0.2) is 13.7 Å². The van der Waals surface area contributed by atoms with E-state index in [1.165, 1.54) is 17.5 Å². The molecule has 0 spiro atoms. The molecule has 24 heavy (non-hydrogen) atoms. The smallest absolute Gasteiger partial charge is 0.118 e. The van der Waals surface area contributed by atoms with Crippen LogP contribution in [0.15, 0.2) is 54.6 Å². The highest BCUT2D eigenvalue weighted by Crippen LogP contribution is 2.10. The van der Waals surface area contributed by atoms with E-state index in [1.807, 2.05) is 44.2 Å². The van der Waals surface area contributed by atoms with Crippen molar-refractivity contribution in [1.29, 1.82) is 0 Å². The predicted octanol–water partition coefficient (Wildman–Crippen LogP) is 6.29. The number of rotatable bonds is 7. The number of hydrogen-bond donors (Lipinski definition) is 0. The summed E-state index contributed by atoms with van der Waals surface area (Å²) in [6.07, 6.45) is 3.45. The molecule has 2 aromatic carbocycles. The first-order valence-corrected chi connectivity index (χ1v) is 9.04. The highest BCUT2D eigenvalue weighted by atomic mass is 16.5. The van der Waals surface area contributed by atoms with Gasteiger partial charge in [0.1, 0.15) is 5.75 Å². The molecule has 0 amide bonds. The van der Waals surface area contributed by atoms with Gasteiger partial charge in [-0.1, -0.05) is 76.6 Å². The fourth-order valence-electron chi connectivity index (χ4n) is 1.87. The molecule has 134 valence electrons. The van der Waals surface area contributed by atoms with Crippen LogP contribution in [0.25, 0.3) is 0 Å². The second-order valence-corrected chi connectivity index (χ2v) is 5.09. The zero-order valence-electron chi connectivity index (χ0n) is 16.0. The van der Waals surface area contributed by atoms with Crippen molar-refractivity contribution in [3.8, 4) is 5.75 Å². The summed E-state index contributed by atoms with van der Waals surface area (Å²) in [4.78, 5) is 0. The first-order valence-electron chi connectivity index (χ1n) is 9.04. The average molecular weight is 331 g/mol. The van der Waals surface area contributed by atoms with Crippen LogP contribution in [-0.2, 0) is 17.8 Å². The summed E-state index contributed by atoms with van der Waals surface area (Å²) in [7, 11) is 1.68. The average Bonchev–Trinajstić information content (AvgIpc) is 2.68. The Hall–Kier alpha value is -1.80. The van der Waals surface area contributed by atoms with E-state index in [4.69, 9.17) is 9.47 Å². The van der Waals surface area contributed by atoms with Crippen LogP contribution in [0, 0.1) is 0 Å². The molecule has 0 heterocycles. The molecule has 0 radical (unpaired) electrons. The minimum atomic E-state index is 0.751. The Bertz CT molecular complexity index is 454. The van der Waals surface area contributed by atoms with Gasteiger partial charge in [0.25, 0.3) is 0 Å². The summed E-state index contributed by atoms with van der Waals surface area (Å²) in [5, 5.41) is 0. The van der Waals surface area contributed by atoms with Crippen LogP contribution in [0.3, 0.4) is 0 Å². The summed E-state index contributed by atoms with van der Waals surface area (Å²) < 4.78 is 10.5. The lowest BCUT2D eigenvalue weighted by atomic mass is 10.2. The van der Waals surface area contributed by atoms with Gasteiger partial charge in [0, 0.05) is 6.61 Å². The highest BCUT2D eigenvalue weighted by molar-refractivity contribution is 5.26. The molecule has 0 unspecified atom stereocenters. The van der Waals surface area contributed by atoms with Crippen molar-refractivity contribution in [2.24, 2.45) is 0 Å². The lowest BCUT2D eigenvalue weighted by Crippen LogP contribution is -1.94. The van der Waals surface area contributed by atoms with Crippen molar-refractivity contribution in [3.05, 3.63) is 65.7 Å². The molecule has 0 aromatic heterocycles. The van der Waals surface area contributed by atoms with Crippen molar-refractivity contribution in [2.45, 2.75) is 53.6 Å². The minimum absolute atomic E-state index is 0.751. The van der Waals surface area contributed by atoms with E-state index >= 15 is 0 Å². The van der Waals surface area contributed by atoms with E-state index in [-0.39, 0.29) is 0 Å². The summed E-state index contributed by atoms with van der Waals surface area (Å²) in [5.74, 6) is 0.928. The van der Waals surface area contributed by atoms with Gasteiger partial charge in [-0.05, 0) is 36.1 Å². The molecule has 2 nitrogen and oxygen atoms in total. The van der Waals surface area contributed by atoms with Gasteiger partial charge in [0.05, 0.1) is 13.7 Å². The summed E-state index contributed by atoms with van der Waals surface area (Å²) in [6, 6.07) is 18.4. The number of benzene rings is 2. The molecular formula is C22H34O2. The third-order valence-corrected chi connectivity index (χ3v) is 3.32. The fraction of sp³-hybridized carbons (Fsp3) is 0.455. The molecule has 0 bridgehead atoms. The SMILES string of the molecule is CC.CCCCOCc1ccccc1.CCc1ccc(OC)cc1. The predicted molar refractivity (Wildman–Crippen MR) is 105 cm³/mol. The van der Waals surface area contributed by atoms with Crippen LogP contribution in [0.1, 0.15) is 51.7 Å². The van der Waals surface area contributed by atoms with Gasteiger partial charge >= 0.3 is 0 Å². The Morgan fingerprint density at radius 2 is 1.42 bits per heavy atom. The third-order valence-electron chi connectivity index (χ3n) is 3.32. The van der Waals surface area contributed by atoms with Gasteiger partial charge < -0.3 is 9.47 Å². The molecule has 0 atom stereocenters. The van der Waals surface area contributed by atoms with Crippen molar-refractivity contribution in [1.82, 2.24) is 0 Å². The topological polar surface area (TPSA) is 18.5 Å². The third kappa shape index (κ3) is 10.8. The standard InChI is InChI=1S/C11H16O.C9H12O.C2H6/c1-2-3-9-12-10-11-7-5-4-6-8-11;1-3-8-4-6-9(10-2)7-5-8;1-2/h4-8H,2-3,9-10H2,1H3;4-7H,3H2,1-2H3;1-2H3. The monoisotopic (exact) mass is 330 g/mol. The van der Waals surface area contributed by atoms with Crippen molar-refractivity contribution < 1.29 is 9.47 Å². The molecule has 2 heteroatoms. The first kappa shape index (κ1) is 22.2. The van der Waals surface area contributed by atoms with Crippen LogP contribution >= 0.6 is 0 Å². The number of unbranched alkanes of at least 4 members (excludes halogenated alkanes) is 1. The quantitative estimate of drug-likeness (QED) is 0.556. The van der Waals surface area contributed by atoms with E-state index in [2.05, 4.69) is 38.1 Å². The van der Waals surface area contributed by atoms with Crippen molar-refractivity contribution >= 4 is 0 Å². The minimum Gasteiger partial charge on any atom is -0.497 e. The second kappa shape index (κ2) is 16.1. The Labute approximate surface area is 148 Å². The number of methoxy groups -OCH3 is 1. The van der Waals surface area contributed by atoms with E-state index in [0.717, 1.165) is 31.8 Å². The van der Waals surface area contributed by atoms with Crippen LogP contribution in [0.4, 0.5) is 0 Å². The molecule has 2 aromatic rings. The maximum atomic E-state index is 5.46. The molecule has 0 saturated carbocycles.